The summed E-state index contributed by atoms with van der Waals surface area (Å²) >= 11 is 0. The Kier molecular flexibility index (Phi) is 9.23. The average Bonchev–Trinajstić information content (AvgIpc) is 4.08. The molecule has 11 aromatic carbocycles. The maximum absolute atomic E-state index is 2.70. The Morgan fingerprint density at radius 2 is 0.700 bits per heavy atom. The zero-order valence-electron chi connectivity index (χ0n) is 38.3. The fraction of sp³-hybridized carbons (Fsp3) is 0. The van der Waals surface area contributed by atoms with Crippen molar-refractivity contribution in [2.45, 2.75) is 0 Å². The molecule has 0 aliphatic rings. The van der Waals surface area contributed by atoms with Crippen molar-refractivity contribution >= 4 is 94.2 Å². The summed E-state index contributed by atoms with van der Waals surface area (Å²) in [5.41, 5.74) is 13.0. The molecule has 0 saturated heterocycles. The molecule has 0 fully saturated rings. The van der Waals surface area contributed by atoms with Crippen LogP contribution in [0.5, 0.6) is 0 Å². The SMILES string of the molecule is c1ccc(-n2c3ccccc3c3cccc(-c4ccc5c6ccccc6n(-c6cccc7c6c6ccccc6n7-c6ccc([Si](c7ccccc7)(c7ccccc7)c7ccccc7)cc6)c5c4)c32)cc1. The second kappa shape index (κ2) is 16.1. The third-order valence-corrected chi connectivity index (χ3v) is 19.6. The van der Waals surface area contributed by atoms with Crippen LogP contribution in [-0.4, -0.2) is 21.8 Å². The minimum atomic E-state index is -2.70. The van der Waals surface area contributed by atoms with Gasteiger partial charge in [-0.25, -0.2) is 0 Å². The van der Waals surface area contributed by atoms with E-state index in [4.69, 9.17) is 0 Å². The Morgan fingerprint density at radius 1 is 0.257 bits per heavy atom. The van der Waals surface area contributed by atoms with Gasteiger partial charge in [-0.15, -0.1) is 0 Å². The molecular formula is C66H45N3Si. The van der Waals surface area contributed by atoms with Gasteiger partial charge in [0.1, 0.15) is 0 Å². The molecule has 4 heteroatoms. The van der Waals surface area contributed by atoms with Gasteiger partial charge in [0.15, 0.2) is 8.07 Å². The largest absolute Gasteiger partial charge is 0.309 e. The lowest BCUT2D eigenvalue weighted by Crippen LogP contribution is -2.74. The third kappa shape index (κ3) is 5.94. The first-order valence-electron chi connectivity index (χ1n) is 24.2. The van der Waals surface area contributed by atoms with Crippen molar-refractivity contribution in [3.05, 3.63) is 273 Å². The lowest BCUT2D eigenvalue weighted by atomic mass is 10.00. The van der Waals surface area contributed by atoms with Gasteiger partial charge < -0.3 is 13.7 Å². The molecule has 3 nitrogen and oxygen atoms in total. The van der Waals surface area contributed by atoms with E-state index >= 15 is 0 Å². The predicted octanol–water partition coefficient (Wildman–Crippen LogP) is 14.0. The summed E-state index contributed by atoms with van der Waals surface area (Å²) in [6.07, 6.45) is 0. The van der Waals surface area contributed by atoms with Crippen LogP contribution in [-0.2, 0) is 0 Å². The van der Waals surface area contributed by atoms with Crippen LogP contribution in [0.25, 0.3) is 93.6 Å². The Bertz CT molecular complexity index is 4170. The van der Waals surface area contributed by atoms with Crippen LogP contribution in [0.1, 0.15) is 0 Å². The Balaban J connectivity index is 0.986. The number of para-hydroxylation sites is 5. The summed E-state index contributed by atoms with van der Waals surface area (Å²) in [6, 6.07) is 101. The minimum Gasteiger partial charge on any atom is -0.309 e. The average molecular weight is 908 g/mol. The van der Waals surface area contributed by atoms with Crippen LogP contribution < -0.4 is 20.7 Å². The molecule has 0 radical (unpaired) electrons. The molecule has 328 valence electrons. The Hall–Kier alpha value is -8.96. The molecule has 0 aliphatic carbocycles. The van der Waals surface area contributed by atoms with Gasteiger partial charge in [-0.2, -0.15) is 0 Å². The monoisotopic (exact) mass is 907 g/mol. The van der Waals surface area contributed by atoms with Gasteiger partial charge in [0, 0.05) is 49.3 Å². The number of hydrogen-bond acceptors (Lipinski definition) is 0. The first kappa shape index (κ1) is 40.1. The molecule has 0 N–H and O–H groups in total. The highest BCUT2D eigenvalue weighted by Crippen LogP contribution is 2.43. The van der Waals surface area contributed by atoms with Crippen molar-refractivity contribution < 1.29 is 0 Å². The normalized spacial score (nSPS) is 12.0. The van der Waals surface area contributed by atoms with Gasteiger partial charge in [-0.05, 0) is 87.0 Å². The molecule has 0 atom stereocenters. The summed E-state index contributed by atoms with van der Waals surface area (Å²) in [4.78, 5) is 0. The Labute approximate surface area is 407 Å². The van der Waals surface area contributed by atoms with E-state index in [0.29, 0.717) is 0 Å². The smallest absolute Gasteiger partial charge is 0.179 e. The summed E-state index contributed by atoms with van der Waals surface area (Å²) in [6.45, 7) is 0. The van der Waals surface area contributed by atoms with E-state index in [0.717, 1.165) is 17.1 Å². The molecule has 0 bridgehead atoms. The van der Waals surface area contributed by atoms with Crippen LogP contribution in [0.4, 0.5) is 0 Å². The maximum Gasteiger partial charge on any atom is 0.179 e. The van der Waals surface area contributed by atoms with E-state index in [1.165, 1.54) is 97.3 Å². The van der Waals surface area contributed by atoms with E-state index in [1.807, 2.05) is 0 Å². The highest BCUT2D eigenvalue weighted by atomic mass is 28.3. The Morgan fingerprint density at radius 3 is 1.33 bits per heavy atom. The molecule has 3 aromatic heterocycles. The summed E-state index contributed by atoms with van der Waals surface area (Å²) in [7, 11) is -2.70. The zero-order valence-corrected chi connectivity index (χ0v) is 39.3. The zero-order chi connectivity index (χ0) is 46.2. The van der Waals surface area contributed by atoms with Crippen LogP contribution in [0, 0.1) is 0 Å². The lowest BCUT2D eigenvalue weighted by molar-refractivity contribution is 1.17. The maximum atomic E-state index is 2.52. The van der Waals surface area contributed by atoms with Crippen molar-refractivity contribution in [1.82, 2.24) is 13.7 Å². The van der Waals surface area contributed by atoms with E-state index in [2.05, 4.69) is 287 Å². The summed E-state index contributed by atoms with van der Waals surface area (Å²) in [5.74, 6) is 0. The van der Waals surface area contributed by atoms with Crippen LogP contribution in [0.2, 0.25) is 0 Å². The first-order chi connectivity index (χ1) is 34.8. The van der Waals surface area contributed by atoms with E-state index in [-0.39, 0.29) is 0 Å². The number of nitrogens with zero attached hydrogens (tertiary/aromatic N) is 3. The van der Waals surface area contributed by atoms with E-state index in [9.17, 15) is 0 Å². The molecular weight excluding hydrogens is 863 g/mol. The van der Waals surface area contributed by atoms with Gasteiger partial charge in [0.05, 0.1) is 38.8 Å². The number of benzene rings is 11. The quantitative estimate of drug-likeness (QED) is 0.107. The molecule has 70 heavy (non-hydrogen) atoms. The highest BCUT2D eigenvalue weighted by molar-refractivity contribution is 7.19. The van der Waals surface area contributed by atoms with Crippen LogP contribution in [0.15, 0.2) is 273 Å². The van der Waals surface area contributed by atoms with Gasteiger partial charge >= 0.3 is 0 Å². The molecule has 0 aliphatic heterocycles. The predicted molar refractivity (Wildman–Crippen MR) is 299 cm³/mol. The lowest BCUT2D eigenvalue weighted by Gasteiger charge is -2.34. The van der Waals surface area contributed by atoms with Gasteiger partial charge in [0.2, 0.25) is 0 Å². The topological polar surface area (TPSA) is 14.8 Å². The van der Waals surface area contributed by atoms with Gasteiger partial charge in [-0.3, -0.25) is 0 Å². The van der Waals surface area contributed by atoms with E-state index in [1.54, 1.807) is 0 Å². The molecule has 0 spiro atoms. The number of aromatic nitrogens is 3. The van der Waals surface area contributed by atoms with E-state index < -0.39 is 8.07 Å². The van der Waals surface area contributed by atoms with Crippen LogP contribution in [0.3, 0.4) is 0 Å². The van der Waals surface area contributed by atoms with Crippen molar-refractivity contribution in [2.24, 2.45) is 0 Å². The summed E-state index contributed by atoms with van der Waals surface area (Å²) in [5, 5.41) is 12.9. The third-order valence-electron chi connectivity index (χ3n) is 14.8. The van der Waals surface area contributed by atoms with Crippen molar-refractivity contribution in [2.75, 3.05) is 0 Å². The second-order valence-corrected chi connectivity index (χ2v) is 22.2. The molecule has 3 heterocycles. The molecule has 14 aromatic rings. The number of hydrogen-bond donors (Lipinski definition) is 0. The fourth-order valence-corrected chi connectivity index (χ4v) is 16.6. The first-order valence-corrected chi connectivity index (χ1v) is 26.2. The minimum absolute atomic E-state index is 1.13. The highest BCUT2D eigenvalue weighted by Gasteiger charge is 2.41. The second-order valence-electron chi connectivity index (χ2n) is 18.4. The van der Waals surface area contributed by atoms with Gasteiger partial charge in [-0.1, -0.05) is 212 Å². The van der Waals surface area contributed by atoms with Crippen molar-refractivity contribution in [3.63, 3.8) is 0 Å². The number of rotatable bonds is 8. The van der Waals surface area contributed by atoms with Crippen LogP contribution >= 0.6 is 0 Å². The molecule has 14 rings (SSSR count). The standard InChI is InChI=1S/C66H45N3Si/c1-5-21-47(22-6-1)68-59-34-16-14-30-55(59)57-33-19-32-53(66(57)68)46-39-44-56-54-29-13-17-35-60(54)69(64(56)45-46)63-38-20-37-62-65(63)58-31-15-18-36-61(58)67(62)48-40-42-52(43-41-48)70(49-23-7-2-8-24-49,50-25-9-3-10-26-50)51-27-11-4-12-28-51/h1-45H. The molecule has 0 unspecified atom stereocenters. The van der Waals surface area contributed by atoms with Gasteiger partial charge in [0.25, 0.3) is 0 Å². The van der Waals surface area contributed by atoms with Crippen molar-refractivity contribution in [1.29, 1.82) is 0 Å². The van der Waals surface area contributed by atoms with Crippen molar-refractivity contribution in [3.8, 4) is 28.2 Å². The number of fused-ring (bicyclic) bond motifs is 9. The molecule has 0 amide bonds. The fourth-order valence-electron chi connectivity index (χ4n) is 11.9. The summed E-state index contributed by atoms with van der Waals surface area (Å²) < 4.78 is 7.43. The molecule has 0 saturated carbocycles.